The lowest BCUT2D eigenvalue weighted by atomic mass is 10.1. The van der Waals surface area contributed by atoms with Gasteiger partial charge in [0.25, 0.3) is 0 Å². The van der Waals surface area contributed by atoms with Gasteiger partial charge in [0.2, 0.25) is 0 Å². The first-order valence-corrected chi connectivity index (χ1v) is 7.52. The number of imidazole rings is 1. The zero-order valence-corrected chi connectivity index (χ0v) is 12.9. The number of aliphatic hydroxyl groups excluding tert-OH is 1. The van der Waals surface area contributed by atoms with Gasteiger partial charge in [-0.15, -0.1) is 0 Å². The summed E-state index contributed by atoms with van der Waals surface area (Å²) in [5, 5.41) is 9.52. The highest BCUT2D eigenvalue weighted by Crippen LogP contribution is 2.39. The monoisotopic (exact) mass is 321 g/mol. The number of ether oxygens (including phenoxy) is 3. The number of aliphatic hydroxyl groups is 1. The van der Waals surface area contributed by atoms with Crippen LogP contribution >= 0.6 is 0 Å². The van der Waals surface area contributed by atoms with Crippen molar-refractivity contribution in [3.8, 4) is 0 Å². The van der Waals surface area contributed by atoms with Gasteiger partial charge in [-0.1, -0.05) is 0 Å². The van der Waals surface area contributed by atoms with Crippen molar-refractivity contribution in [2.75, 3.05) is 12.3 Å². The molecule has 0 spiro atoms. The Hall–Kier alpha value is -1.81. The third-order valence-electron chi connectivity index (χ3n) is 4.23. The summed E-state index contributed by atoms with van der Waals surface area (Å²) in [5.41, 5.74) is 7.01. The molecule has 4 rings (SSSR count). The van der Waals surface area contributed by atoms with Gasteiger partial charge < -0.3 is 29.6 Å². The fraction of sp³-hybridized carbons (Fsp3) is 0.643. The summed E-state index contributed by atoms with van der Waals surface area (Å²) in [5.74, 6) is -0.345. The van der Waals surface area contributed by atoms with Crippen molar-refractivity contribution in [1.29, 1.82) is 0 Å². The first-order chi connectivity index (χ1) is 11.0. The van der Waals surface area contributed by atoms with E-state index in [9.17, 15) is 5.11 Å². The molecule has 2 fully saturated rings. The van der Waals surface area contributed by atoms with Gasteiger partial charge in [-0.05, 0) is 13.8 Å². The van der Waals surface area contributed by atoms with Crippen molar-refractivity contribution in [3.05, 3.63) is 12.7 Å². The second kappa shape index (κ2) is 5.10. The van der Waals surface area contributed by atoms with Gasteiger partial charge in [0.1, 0.15) is 36.3 Å². The minimum absolute atomic E-state index is 0.114. The lowest BCUT2D eigenvalue weighted by Gasteiger charge is -2.23. The van der Waals surface area contributed by atoms with Crippen molar-refractivity contribution >= 4 is 17.0 Å². The Kier molecular flexibility index (Phi) is 3.27. The molecule has 23 heavy (non-hydrogen) atoms. The van der Waals surface area contributed by atoms with E-state index in [-0.39, 0.29) is 24.9 Å². The molecule has 4 heterocycles. The van der Waals surface area contributed by atoms with Crippen molar-refractivity contribution in [3.63, 3.8) is 0 Å². The van der Waals surface area contributed by atoms with E-state index in [1.807, 2.05) is 18.4 Å². The van der Waals surface area contributed by atoms with Crippen LogP contribution in [0.4, 0.5) is 5.82 Å². The maximum atomic E-state index is 9.52. The Balaban J connectivity index is 1.62. The second-order valence-corrected chi connectivity index (χ2v) is 6.29. The molecule has 4 atom stereocenters. The Labute approximate surface area is 132 Å². The molecule has 0 amide bonds. The van der Waals surface area contributed by atoms with Crippen LogP contribution in [-0.2, 0) is 20.8 Å². The maximum Gasteiger partial charge on any atom is 0.165 e. The summed E-state index contributed by atoms with van der Waals surface area (Å²) >= 11 is 0. The van der Waals surface area contributed by atoms with Crippen LogP contribution in [0.25, 0.3) is 11.2 Å². The molecule has 0 saturated carbocycles. The fourth-order valence-electron chi connectivity index (χ4n) is 3.29. The second-order valence-electron chi connectivity index (χ2n) is 6.29. The molecule has 2 aliphatic rings. The number of nitrogens with two attached hydrogens (primary N) is 1. The van der Waals surface area contributed by atoms with Crippen LogP contribution in [0.15, 0.2) is 12.7 Å². The van der Waals surface area contributed by atoms with Crippen molar-refractivity contribution in [2.45, 2.75) is 50.6 Å². The summed E-state index contributed by atoms with van der Waals surface area (Å²) in [6.45, 7) is 4.08. The zero-order chi connectivity index (χ0) is 16.2. The quantitative estimate of drug-likeness (QED) is 0.790. The molecular formula is C14H19N5O4. The Morgan fingerprint density at radius 2 is 1.96 bits per heavy atom. The van der Waals surface area contributed by atoms with E-state index >= 15 is 0 Å². The number of rotatable bonds is 3. The summed E-state index contributed by atoms with van der Waals surface area (Å²) in [6.07, 6.45) is 1.85. The standard InChI is InChI=1S/C14H19N5O4/c1-14(2)22-10-7(21-8(4-20)11(10)23-14)3-19-6-18-9-12(15)16-5-17-13(9)19/h5-8,10-11,20H,3-4H2,1-2H3,(H2,15,16,17)/t7?,8-,10+,11-/m1/s1. The van der Waals surface area contributed by atoms with Crippen LogP contribution in [0.5, 0.6) is 0 Å². The van der Waals surface area contributed by atoms with E-state index in [0.717, 1.165) is 0 Å². The molecule has 2 aromatic rings. The first kappa shape index (κ1) is 14.8. The van der Waals surface area contributed by atoms with Gasteiger partial charge in [-0.2, -0.15) is 0 Å². The number of fused-ring (bicyclic) bond motifs is 2. The third-order valence-corrected chi connectivity index (χ3v) is 4.23. The molecule has 2 aliphatic heterocycles. The van der Waals surface area contributed by atoms with E-state index in [1.165, 1.54) is 6.33 Å². The minimum atomic E-state index is -0.686. The molecule has 3 N–H and O–H groups in total. The summed E-state index contributed by atoms with van der Waals surface area (Å²) < 4.78 is 19.6. The average molecular weight is 321 g/mol. The van der Waals surface area contributed by atoms with E-state index in [0.29, 0.717) is 23.5 Å². The van der Waals surface area contributed by atoms with E-state index in [1.54, 1.807) is 6.33 Å². The van der Waals surface area contributed by atoms with Crippen LogP contribution < -0.4 is 5.73 Å². The van der Waals surface area contributed by atoms with E-state index < -0.39 is 11.9 Å². The SMILES string of the molecule is CC1(C)O[C@@H]2[C@@H](CO)OC(Cn3cnc4c(N)ncnc43)[C@@H]2O1. The summed E-state index contributed by atoms with van der Waals surface area (Å²) in [6, 6.07) is 0. The minimum Gasteiger partial charge on any atom is -0.394 e. The molecule has 2 aromatic heterocycles. The molecule has 1 unspecified atom stereocenters. The van der Waals surface area contributed by atoms with Gasteiger partial charge in [0.05, 0.1) is 19.5 Å². The van der Waals surface area contributed by atoms with E-state index in [4.69, 9.17) is 19.9 Å². The van der Waals surface area contributed by atoms with Gasteiger partial charge in [-0.25, -0.2) is 15.0 Å². The topological polar surface area (TPSA) is 118 Å². The highest BCUT2D eigenvalue weighted by molar-refractivity contribution is 5.81. The van der Waals surface area contributed by atoms with Crippen molar-refractivity contribution in [1.82, 2.24) is 19.5 Å². The molecule has 0 aromatic carbocycles. The maximum absolute atomic E-state index is 9.52. The number of nitrogen functional groups attached to an aromatic ring is 1. The van der Waals surface area contributed by atoms with Crippen LogP contribution in [0.1, 0.15) is 13.8 Å². The van der Waals surface area contributed by atoms with Crippen LogP contribution in [0.3, 0.4) is 0 Å². The molecule has 0 bridgehead atoms. The van der Waals surface area contributed by atoms with E-state index in [2.05, 4.69) is 15.0 Å². The fourth-order valence-corrected chi connectivity index (χ4v) is 3.29. The summed E-state index contributed by atoms with van der Waals surface area (Å²) in [4.78, 5) is 12.4. The molecule has 124 valence electrons. The van der Waals surface area contributed by atoms with Gasteiger partial charge in [-0.3, -0.25) is 0 Å². The Morgan fingerprint density at radius 3 is 2.70 bits per heavy atom. The first-order valence-electron chi connectivity index (χ1n) is 7.52. The zero-order valence-electron chi connectivity index (χ0n) is 12.9. The van der Waals surface area contributed by atoms with Gasteiger partial charge in [0.15, 0.2) is 17.3 Å². The predicted octanol–water partition coefficient (Wildman–Crippen LogP) is -0.312. The average Bonchev–Trinajstić information content (AvgIpc) is 3.13. The molecule has 0 radical (unpaired) electrons. The van der Waals surface area contributed by atoms with Crippen LogP contribution in [0.2, 0.25) is 0 Å². The normalized spacial score (nSPS) is 32.5. The lowest BCUT2D eigenvalue weighted by molar-refractivity contribution is -0.191. The number of hydrogen-bond acceptors (Lipinski definition) is 8. The Bertz CT molecular complexity index is 733. The van der Waals surface area contributed by atoms with Crippen molar-refractivity contribution in [2.24, 2.45) is 0 Å². The van der Waals surface area contributed by atoms with Crippen molar-refractivity contribution < 1.29 is 19.3 Å². The Morgan fingerprint density at radius 1 is 1.22 bits per heavy atom. The lowest BCUT2D eigenvalue weighted by Crippen LogP contribution is -2.32. The number of aromatic nitrogens is 4. The molecular weight excluding hydrogens is 302 g/mol. The number of nitrogens with zero attached hydrogens (tertiary/aromatic N) is 4. The number of hydrogen-bond donors (Lipinski definition) is 2. The molecule has 2 saturated heterocycles. The van der Waals surface area contributed by atoms with Gasteiger partial charge in [0, 0.05) is 0 Å². The molecule has 9 nitrogen and oxygen atoms in total. The van der Waals surface area contributed by atoms with Crippen LogP contribution in [0, 0.1) is 0 Å². The highest BCUT2D eigenvalue weighted by Gasteiger charge is 2.54. The third kappa shape index (κ3) is 2.36. The molecule has 0 aliphatic carbocycles. The highest BCUT2D eigenvalue weighted by atomic mass is 16.8. The summed E-state index contributed by atoms with van der Waals surface area (Å²) in [7, 11) is 0. The smallest absolute Gasteiger partial charge is 0.165 e. The largest absolute Gasteiger partial charge is 0.394 e. The van der Waals surface area contributed by atoms with Crippen LogP contribution in [-0.4, -0.2) is 61.4 Å². The number of anilines is 1. The molecule has 9 heteroatoms. The van der Waals surface area contributed by atoms with Gasteiger partial charge >= 0.3 is 0 Å². The predicted molar refractivity (Wildman–Crippen MR) is 79.3 cm³/mol.